The Hall–Kier alpha value is -0.0445. The summed E-state index contributed by atoms with van der Waals surface area (Å²) in [5.41, 5.74) is -0.693. The van der Waals surface area contributed by atoms with Gasteiger partial charge in [-0.05, 0) is 109 Å². The quantitative estimate of drug-likeness (QED) is 0.0152. The first-order chi connectivity index (χ1) is 28.8. The summed E-state index contributed by atoms with van der Waals surface area (Å²) < 4.78 is 114. The van der Waals surface area contributed by atoms with Crippen LogP contribution in [0.3, 0.4) is 0 Å². The van der Waals surface area contributed by atoms with Crippen LogP contribution in [0.4, 0.5) is 17.1 Å². The maximum atomic E-state index is 13.7. The number of anilines is 2. The van der Waals surface area contributed by atoms with Gasteiger partial charge in [-0.3, -0.25) is 14.6 Å². The first-order valence-electron chi connectivity index (χ1n) is 16.4. The Morgan fingerprint density at radius 1 is 0.754 bits per heavy atom. The van der Waals surface area contributed by atoms with Crippen molar-refractivity contribution in [3.63, 3.8) is 0 Å². The average Bonchev–Trinajstić information content (AvgIpc) is 3.71. The first kappa shape index (κ1) is 61.1. The summed E-state index contributed by atoms with van der Waals surface area (Å²) in [5.74, 6) is -2.89. The fourth-order valence-electron chi connectivity index (χ4n) is 5.14. The molecule has 0 unspecified atom stereocenters. The van der Waals surface area contributed by atoms with Gasteiger partial charge in [-0.2, -0.15) is 19.1 Å². The molecule has 2 heterocycles. The second-order valence-corrected chi connectivity index (χ2v) is 16.8. The molecular formula is C35H22K4N6O16S4. The van der Waals surface area contributed by atoms with E-state index in [1.807, 2.05) is 0 Å². The van der Waals surface area contributed by atoms with Gasteiger partial charge in [-0.15, -0.1) is 5.10 Å². The molecule has 0 radical (unpaired) electrons. The third kappa shape index (κ3) is 16.5. The zero-order chi connectivity index (χ0) is 44.1. The van der Waals surface area contributed by atoms with Crippen molar-refractivity contribution in [2.45, 2.75) is 19.6 Å². The van der Waals surface area contributed by atoms with Crippen molar-refractivity contribution in [3.05, 3.63) is 126 Å². The Balaban J connectivity index is 0.00000363. The number of carbonyl (C=O) groups excluding carboxylic acids is 2. The van der Waals surface area contributed by atoms with Crippen molar-refractivity contribution in [2.24, 2.45) is 10.1 Å². The van der Waals surface area contributed by atoms with Gasteiger partial charge in [0.25, 0.3) is 17.7 Å². The van der Waals surface area contributed by atoms with Gasteiger partial charge in [0, 0.05) is 10.6 Å². The van der Waals surface area contributed by atoms with Crippen molar-refractivity contribution in [1.29, 1.82) is 0 Å². The molecule has 6 rings (SSSR count). The number of nitrogens with zero attached hydrogens (tertiary/aromatic N) is 5. The minimum atomic E-state index is -4.85. The molecule has 4 aromatic carbocycles. The van der Waals surface area contributed by atoms with E-state index in [0.29, 0.717) is 22.6 Å². The predicted molar refractivity (Wildman–Crippen MR) is 206 cm³/mol. The van der Waals surface area contributed by atoms with E-state index in [0.717, 1.165) is 101 Å². The molecule has 2 N–H and O–H groups in total. The van der Waals surface area contributed by atoms with Gasteiger partial charge in [0.1, 0.15) is 35.9 Å². The molecule has 5 aromatic rings. The van der Waals surface area contributed by atoms with E-state index in [4.69, 9.17) is 4.74 Å². The van der Waals surface area contributed by atoms with Crippen molar-refractivity contribution >= 4 is 89.6 Å². The van der Waals surface area contributed by atoms with Crippen LogP contribution < -0.4 is 221 Å². The van der Waals surface area contributed by atoms with E-state index in [1.54, 1.807) is 0 Å². The molecule has 30 heteroatoms. The van der Waals surface area contributed by atoms with Crippen LogP contribution in [0, 0.1) is 0 Å². The number of benzene rings is 4. The molecule has 0 aliphatic carbocycles. The topological polar surface area (TPSA) is 335 Å². The van der Waals surface area contributed by atoms with Gasteiger partial charge in [0.15, 0.2) is 12.1 Å². The molecule has 22 nitrogen and oxygen atoms in total. The SMILES string of the molecule is O=C(Nc1ccc(S(=O)(=O)[O-])cc1)c1nn(-c2ccc(S(=O)(=O)[O-])cc2)c(O)c1C=CC=C1C(=O)N(c2ccc(S(=O)(=O)[O-])cc2)N=C1OC=Nc1ccc(SOO[O-])cc1.[K+].[K+].[K+].[K+]. The number of aliphatic imine (C=N–C) groups is 1. The molecule has 2 amide bonds. The summed E-state index contributed by atoms with van der Waals surface area (Å²) in [5, 5.41) is 36.3. The Bertz CT molecular complexity index is 2970. The number of aromatic nitrogens is 2. The Morgan fingerprint density at radius 3 is 1.77 bits per heavy atom. The normalized spacial score (nSPS) is 13.4. The largest absolute Gasteiger partial charge is 1.00 e. The van der Waals surface area contributed by atoms with Gasteiger partial charge in [0.2, 0.25) is 5.88 Å². The summed E-state index contributed by atoms with van der Waals surface area (Å²) in [6.07, 6.45) is 4.41. The number of hydrogen-bond acceptors (Lipinski definition) is 20. The van der Waals surface area contributed by atoms with Gasteiger partial charge in [0.05, 0.1) is 49.4 Å². The summed E-state index contributed by atoms with van der Waals surface area (Å²) in [6.45, 7) is 0. The average molecular weight is 1070 g/mol. The molecule has 0 fully saturated rings. The minimum absolute atomic E-state index is 0. The number of carbonyl (C=O) groups is 2. The van der Waals surface area contributed by atoms with Crippen LogP contribution in [0.15, 0.2) is 144 Å². The van der Waals surface area contributed by atoms with E-state index < -0.39 is 68.4 Å². The van der Waals surface area contributed by atoms with Gasteiger partial charge < -0.3 is 34.1 Å². The number of rotatable bonds is 14. The fourth-order valence-corrected chi connectivity index (χ4v) is 6.91. The summed E-state index contributed by atoms with van der Waals surface area (Å²) in [6, 6.07) is 18.5. The van der Waals surface area contributed by atoms with Crippen molar-refractivity contribution in [2.75, 3.05) is 10.3 Å². The maximum absolute atomic E-state index is 13.7. The first-order valence-corrected chi connectivity index (χ1v) is 21.4. The molecule has 1 aliphatic rings. The van der Waals surface area contributed by atoms with E-state index >= 15 is 0 Å². The third-order valence-corrected chi connectivity index (χ3v) is 11.1. The van der Waals surface area contributed by atoms with Crippen molar-refractivity contribution in [1.82, 2.24) is 9.78 Å². The Morgan fingerprint density at radius 2 is 1.26 bits per heavy atom. The molecule has 316 valence electrons. The Kier molecular flexibility index (Phi) is 25.3. The number of hydrazone groups is 1. The standard InChI is InChI=1S/C35H26N6O16S4.4K/c42-32(37-22-6-14-26(15-7-22)59(46,47)48)31-29(34(43)40(38-31)23-8-16-27(17-9-23)60(49,50)51)2-1-3-30-33(55-20-36-21-4-12-25(13-5-21)58-57-56-45)39-41(35(30)44)24-10-18-28(19-11-24)61(52,53)54;;;;/h1-20,43,45H,(H,37,42)(H,46,47,48)(H,49,50,51)(H,52,53,54);;;;/q;4*+1/p-4. The molecule has 1 aliphatic heterocycles. The zero-order valence-electron chi connectivity index (χ0n) is 34.0. The molecule has 0 saturated heterocycles. The summed E-state index contributed by atoms with van der Waals surface area (Å²) in [4.78, 5) is 30.1. The molecule has 0 atom stereocenters. The summed E-state index contributed by atoms with van der Waals surface area (Å²) >= 11 is 0.640. The molecule has 0 saturated carbocycles. The van der Waals surface area contributed by atoms with Gasteiger partial charge in [-0.1, -0.05) is 6.08 Å². The molecule has 1 aromatic heterocycles. The zero-order valence-corrected chi connectivity index (χ0v) is 49.7. The maximum Gasteiger partial charge on any atom is 1.00 e. The fraction of sp³-hybridized carbons (Fsp3) is 0. The van der Waals surface area contributed by atoms with Crippen LogP contribution in [-0.4, -0.2) is 77.9 Å². The number of ether oxygens (including phenoxy) is 1. The van der Waals surface area contributed by atoms with Crippen LogP contribution in [0.5, 0.6) is 5.88 Å². The van der Waals surface area contributed by atoms with E-state index in [1.165, 1.54) is 30.3 Å². The predicted octanol–water partition coefficient (Wildman–Crippen LogP) is -9.53. The summed E-state index contributed by atoms with van der Waals surface area (Å²) in [7, 11) is -14.5. The van der Waals surface area contributed by atoms with Crippen molar-refractivity contribution < 1.29 is 279 Å². The number of amides is 2. The third-order valence-electron chi connectivity index (χ3n) is 7.98. The molecule has 65 heavy (non-hydrogen) atoms. The number of aromatic hydroxyl groups is 1. The molecule has 0 spiro atoms. The van der Waals surface area contributed by atoms with E-state index in [2.05, 4.69) is 29.9 Å². The van der Waals surface area contributed by atoms with Gasteiger partial charge >= 0.3 is 206 Å². The number of hydrogen-bond donors (Lipinski definition) is 2. The van der Waals surface area contributed by atoms with Crippen LogP contribution in [0.2, 0.25) is 0 Å². The molecule has 0 bridgehead atoms. The van der Waals surface area contributed by atoms with Crippen LogP contribution in [-0.2, 0) is 49.3 Å². The van der Waals surface area contributed by atoms with Crippen LogP contribution in [0.1, 0.15) is 16.1 Å². The van der Waals surface area contributed by atoms with Crippen LogP contribution in [0.25, 0.3) is 11.8 Å². The van der Waals surface area contributed by atoms with E-state index in [9.17, 15) is 58.9 Å². The Labute approximate surface area is 544 Å². The van der Waals surface area contributed by atoms with E-state index in [-0.39, 0.29) is 240 Å². The minimum Gasteiger partial charge on any atom is -0.744 e. The second kappa shape index (κ2) is 27.0. The van der Waals surface area contributed by atoms with Gasteiger partial charge in [-0.25, -0.2) is 30.2 Å². The smallest absolute Gasteiger partial charge is 0.744 e. The second-order valence-electron chi connectivity index (χ2n) is 11.9. The molecular weight excluding hydrogens is 1050 g/mol. The van der Waals surface area contributed by atoms with Crippen LogP contribution >= 0.6 is 12.0 Å². The monoisotopic (exact) mass is 1070 g/mol. The number of allylic oxidation sites excluding steroid dienone is 2. The van der Waals surface area contributed by atoms with Crippen molar-refractivity contribution in [3.8, 4) is 11.6 Å². The number of nitrogens with one attached hydrogen (secondary N) is 1.